The van der Waals surface area contributed by atoms with Crippen molar-refractivity contribution in [3.8, 4) is 0 Å². The monoisotopic (exact) mass is 227 g/mol. The molecule has 1 saturated carbocycles. The normalized spacial score (nSPS) is 26.1. The van der Waals surface area contributed by atoms with Crippen LogP contribution in [0.4, 0.5) is 0 Å². The van der Waals surface area contributed by atoms with E-state index >= 15 is 0 Å². The fourth-order valence-corrected chi connectivity index (χ4v) is 2.15. The van der Waals surface area contributed by atoms with E-state index in [1.54, 1.807) is 0 Å². The quantitative estimate of drug-likeness (QED) is 0.743. The minimum Gasteiger partial charge on any atom is -0.388 e. The molecule has 1 aliphatic heterocycles. The van der Waals surface area contributed by atoms with Gasteiger partial charge in [-0.05, 0) is 18.8 Å². The zero-order valence-corrected chi connectivity index (χ0v) is 9.87. The number of carbonyl (C=O) groups is 1. The summed E-state index contributed by atoms with van der Waals surface area (Å²) in [5, 5.41) is 13.0. The van der Waals surface area contributed by atoms with Crippen LogP contribution in [-0.2, 0) is 9.53 Å². The van der Waals surface area contributed by atoms with Crippen molar-refractivity contribution in [2.45, 2.75) is 38.2 Å². The maximum absolute atomic E-state index is 11.8. The SMILES string of the molecule is CC(C(=O)NCC1(O)CCOCC1)C1CC1. The molecule has 0 aromatic rings. The minimum atomic E-state index is -0.753. The first-order valence-corrected chi connectivity index (χ1v) is 6.19. The lowest BCUT2D eigenvalue weighted by atomic mass is 9.94. The lowest BCUT2D eigenvalue weighted by Crippen LogP contribution is -2.47. The van der Waals surface area contributed by atoms with E-state index in [1.807, 2.05) is 6.92 Å². The molecule has 0 aromatic carbocycles. The Hall–Kier alpha value is -0.610. The Morgan fingerprint density at radius 1 is 1.50 bits per heavy atom. The van der Waals surface area contributed by atoms with Gasteiger partial charge in [0.25, 0.3) is 0 Å². The van der Waals surface area contributed by atoms with Crippen molar-refractivity contribution < 1.29 is 14.6 Å². The molecule has 2 N–H and O–H groups in total. The van der Waals surface area contributed by atoms with Gasteiger partial charge in [0.1, 0.15) is 0 Å². The third kappa shape index (κ3) is 2.95. The number of aliphatic hydroxyl groups is 1. The van der Waals surface area contributed by atoms with Gasteiger partial charge in [0, 0.05) is 38.5 Å². The number of ether oxygens (including phenoxy) is 1. The summed E-state index contributed by atoms with van der Waals surface area (Å²) in [5.41, 5.74) is -0.753. The predicted octanol–water partition coefficient (Wildman–Crippen LogP) is 0.690. The molecule has 2 fully saturated rings. The summed E-state index contributed by atoms with van der Waals surface area (Å²) in [6, 6.07) is 0. The van der Waals surface area contributed by atoms with E-state index in [9.17, 15) is 9.90 Å². The topological polar surface area (TPSA) is 58.6 Å². The molecule has 1 atom stereocenters. The van der Waals surface area contributed by atoms with Crippen LogP contribution >= 0.6 is 0 Å². The number of nitrogens with one attached hydrogen (secondary N) is 1. The zero-order valence-electron chi connectivity index (χ0n) is 9.87. The molecule has 0 bridgehead atoms. The van der Waals surface area contributed by atoms with E-state index in [1.165, 1.54) is 12.8 Å². The highest BCUT2D eigenvalue weighted by molar-refractivity contribution is 5.78. The Kier molecular flexibility index (Phi) is 3.50. The Morgan fingerprint density at radius 3 is 2.69 bits per heavy atom. The number of amides is 1. The van der Waals surface area contributed by atoms with E-state index in [0.717, 1.165) is 0 Å². The predicted molar refractivity (Wildman–Crippen MR) is 59.9 cm³/mol. The van der Waals surface area contributed by atoms with Crippen LogP contribution in [0.2, 0.25) is 0 Å². The van der Waals surface area contributed by atoms with Crippen molar-refractivity contribution in [3.05, 3.63) is 0 Å². The molecule has 16 heavy (non-hydrogen) atoms. The summed E-state index contributed by atoms with van der Waals surface area (Å²) >= 11 is 0. The Morgan fingerprint density at radius 2 is 2.12 bits per heavy atom. The van der Waals surface area contributed by atoms with Crippen molar-refractivity contribution >= 4 is 5.91 Å². The first kappa shape index (κ1) is 11.9. The van der Waals surface area contributed by atoms with Crippen molar-refractivity contribution in [1.82, 2.24) is 5.32 Å². The van der Waals surface area contributed by atoms with Gasteiger partial charge in [-0.15, -0.1) is 0 Å². The summed E-state index contributed by atoms with van der Waals surface area (Å²) < 4.78 is 5.19. The van der Waals surface area contributed by atoms with Crippen molar-refractivity contribution in [2.75, 3.05) is 19.8 Å². The molecule has 2 aliphatic rings. The van der Waals surface area contributed by atoms with Gasteiger partial charge >= 0.3 is 0 Å². The van der Waals surface area contributed by atoms with Gasteiger partial charge in [0.05, 0.1) is 5.60 Å². The van der Waals surface area contributed by atoms with Crippen molar-refractivity contribution in [3.63, 3.8) is 0 Å². The molecule has 92 valence electrons. The third-order valence-corrected chi connectivity index (χ3v) is 3.76. The second-order valence-corrected chi connectivity index (χ2v) is 5.18. The molecule has 1 aliphatic carbocycles. The zero-order chi connectivity index (χ0) is 11.6. The number of rotatable bonds is 4. The highest BCUT2D eigenvalue weighted by atomic mass is 16.5. The van der Waals surface area contributed by atoms with Gasteiger partial charge in [-0.25, -0.2) is 0 Å². The van der Waals surface area contributed by atoms with Gasteiger partial charge in [0.15, 0.2) is 0 Å². The van der Waals surface area contributed by atoms with Gasteiger partial charge in [-0.2, -0.15) is 0 Å². The van der Waals surface area contributed by atoms with Gasteiger partial charge in [0.2, 0.25) is 5.91 Å². The molecule has 1 unspecified atom stereocenters. The first-order valence-electron chi connectivity index (χ1n) is 6.19. The third-order valence-electron chi connectivity index (χ3n) is 3.76. The Bertz CT molecular complexity index is 257. The molecular formula is C12H21NO3. The van der Waals surface area contributed by atoms with Gasteiger partial charge in [-0.1, -0.05) is 6.92 Å². The summed E-state index contributed by atoms with van der Waals surface area (Å²) in [6.07, 6.45) is 3.58. The van der Waals surface area contributed by atoms with Crippen LogP contribution in [0.5, 0.6) is 0 Å². The second-order valence-electron chi connectivity index (χ2n) is 5.18. The maximum Gasteiger partial charge on any atom is 0.223 e. The largest absolute Gasteiger partial charge is 0.388 e. The molecule has 1 amide bonds. The molecular weight excluding hydrogens is 206 g/mol. The van der Waals surface area contributed by atoms with E-state index in [2.05, 4.69) is 5.32 Å². The van der Waals surface area contributed by atoms with E-state index in [0.29, 0.717) is 38.5 Å². The molecule has 2 rings (SSSR count). The average molecular weight is 227 g/mol. The highest BCUT2D eigenvalue weighted by Gasteiger charge is 2.35. The average Bonchev–Trinajstić information content (AvgIpc) is 3.10. The van der Waals surface area contributed by atoms with Crippen molar-refractivity contribution in [2.24, 2.45) is 11.8 Å². The first-order chi connectivity index (χ1) is 7.61. The summed E-state index contributed by atoms with van der Waals surface area (Å²) in [6.45, 7) is 3.52. The fraction of sp³-hybridized carbons (Fsp3) is 0.917. The van der Waals surface area contributed by atoms with Crippen LogP contribution in [0.3, 0.4) is 0 Å². The molecule has 4 heteroatoms. The number of hydrogen-bond acceptors (Lipinski definition) is 3. The summed E-state index contributed by atoms with van der Waals surface area (Å²) in [4.78, 5) is 11.8. The van der Waals surface area contributed by atoms with Crippen LogP contribution in [0, 0.1) is 11.8 Å². The molecule has 1 saturated heterocycles. The Labute approximate surface area is 96.4 Å². The van der Waals surface area contributed by atoms with Crippen LogP contribution in [-0.4, -0.2) is 36.4 Å². The number of hydrogen-bond donors (Lipinski definition) is 2. The van der Waals surface area contributed by atoms with Gasteiger partial charge < -0.3 is 15.2 Å². The summed E-state index contributed by atoms with van der Waals surface area (Å²) in [5.74, 6) is 0.759. The van der Waals surface area contributed by atoms with E-state index < -0.39 is 5.60 Å². The molecule has 0 spiro atoms. The van der Waals surface area contributed by atoms with Crippen molar-refractivity contribution in [1.29, 1.82) is 0 Å². The smallest absolute Gasteiger partial charge is 0.223 e. The van der Waals surface area contributed by atoms with Crippen LogP contribution in [0.1, 0.15) is 32.6 Å². The lowest BCUT2D eigenvalue weighted by molar-refractivity contribution is -0.127. The van der Waals surface area contributed by atoms with Gasteiger partial charge in [-0.3, -0.25) is 4.79 Å². The molecule has 0 aromatic heterocycles. The number of carbonyl (C=O) groups excluding carboxylic acids is 1. The molecule has 0 radical (unpaired) electrons. The highest BCUT2D eigenvalue weighted by Crippen LogP contribution is 2.36. The van der Waals surface area contributed by atoms with Crippen LogP contribution < -0.4 is 5.32 Å². The van der Waals surface area contributed by atoms with Crippen LogP contribution in [0.25, 0.3) is 0 Å². The summed E-state index contributed by atoms with van der Waals surface area (Å²) in [7, 11) is 0. The molecule has 1 heterocycles. The van der Waals surface area contributed by atoms with E-state index in [4.69, 9.17) is 4.74 Å². The lowest BCUT2D eigenvalue weighted by Gasteiger charge is -2.32. The molecule has 4 nitrogen and oxygen atoms in total. The Balaban J connectivity index is 1.74. The second kappa shape index (κ2) is 4.72. The standard InChI is InChI=1S/C12H21NO3/c1-9(10-2-3-10)11(14)13-8-12(15)4-6-16-7-5-12/h9-10,15H,2-8H2,1H3,(H,13,14). The maximum atomic E-state index is 11.8. The fourth-order valence-electron chi connectivity index (χ4n) is 2.15. The minimum absolute atomic E-state index is 0.0856. The van der Waals surface area contributed by atoms with Crippen LogP contribution in [0.15, 0.2) is 0 Å². The van der Waals surface area contributed by atoms with E-state index in [-0.39, 0.29) is 11.8 Å².